The van der Waals surface area contributed by atoms with Gasteiger partial charge in [0.05, 0.1) is 18.0 Å². The molecule has 1 aromatic rings. The van der Waals surface area contributed by atoms with Gasteiger partial charge in [-0.1, -0.05) is 0 Å². The molecular formula is C12H17ClN2O. The number of rotatable bonds is 4. The van der Waals surface area contributed by atoms with E-state index in [4.69, 9.17) is 16.3 Å². The van der Waals surface area contributed by atoms with Crippen LogP contribution in [0.15, 0.2) is 18.5 Å². The van der Waals surface area contributed by atoms with Crippen LogP contribution in [0.5, 0.6) is 0 Å². The van der Waals surface area contributed by atoms with E-state index in [0.717, 1.165) is 30.8 Å². The van der Waals surface area contributed by atoms with E-state index in [1.165, 1.54) is 6.42 Å². The maximum atomic E-state index is 5.91. The fraction of sp³-hybridized carbons (Fsp3) is 0.583. The van der Waals surface area contributed by atoms with Gasteiger partial charge < -0.3 is 9.64 Å². The summed E-state index contributed by atoms with van der Waals surface area (Å²) in [7, 11) is 2.06. The van der Waals surface area contributed by atoms with Crippen molar-refractivity contribution in [3.63, 3.8) is 0 Å². The number of pyridine rings is 1. The Hall–Kier alpha value is -0.800. The summed E-state index contributed by atoms with van der Waals surface area (Å²) in [6.45, 7) is 1.81. The molecule has 4 heteroatoms. The van der Waals surface area contributed by atoms with Crippen molar-refractivity contribution in [3.8, 4) is 0 Å². The zero-order valence-electron chi connectivity index (χ0n) is 9.53. The zero-order chi connectivity index (χ0) is 11.4. The second-order valence-corrected chi connectivity index (χ2v) is 4.42. The van der Waals surface area contributed by atoms with Crippen LogP contribution in [0.25, 0.3) is 0 Å². The fourth-order valence-corrected chi connectivity index (χ4v) is 2.29. The van der Waals surface area contributed by atoms with Gasteiger partial charge in [-0.15, -0.1) is 11.6 Å². The molecule has 1 unspecified atom stereocenters. The molecule has 1 aliphatic heterocycles. The van der Waals surface area contributed by atoms with Gasteiger partial charge in [0.25, 0.3) is 0 Å². The van der Waals surface area contributed by atoms with Gasteiger partial charge in [0.15, 0.2) is 0 Å². The first-order chi connectivity index (χ1) is 7.81. The number of aromatic nitrogens is 1. The number of ether oxygens (including phenoxy) is 1. The molecule has 0 radical (unpaired) electrons. The van der Waals surface area contributed by atoms with Crippen LogP contribution in [0.3, 0.4) is 0 Å². The lowest BCUT2D eigenvalue weighted by Gasteiger charge is -2.24. The van der Waals surface area contributed by atoms with Crippen molar-refractivity contribution in [1.82, 2.24) is 4.98 Å². The van der Waals surface area contributed by atoms with Crippen molar-refractivity contribution in [1.29, 1.82) is 0 Å². The Kier molecular flexibility index (Phi) is 4.02. The third-order valence-corrected chi connectivity index (χ3v) is 3.23. The van der Waals surface area contributed by atoms with E-state index in [1.54, 1.807) is 6.20 Å². The molecule has 2 rings (SSSR count). The lowest BCUT2D eigenvalue weighted by Crippen LogP contribution is -2.29. The summed E-state index contributed by atoms with van der Waals surface area (Å²) in [6.07, 6.45) is 6.33. The Morgan fingerprint density at radius 1 is 1.62 bits per heavy atom. The molecule has 1 fully saturated rings. The maximum Gasteiger partial charge on any atom is 0.0750 e. The van der Waals surface area contributed by atoms with E-state index in [9.17, 15) is 0 Å². The van der Waals surface area contributed by atoms with Gasteiger partial charge in [0.1, 0.15) is 0 Å². The third kappa shape index (κ3) is 2.66. The highest BCUT2D eigenvalue weighted by Gasteiger charge is 2.18. The number of nitrogens with zero attached hydrogens (tertiary/aromatic N) is 2. The van der Waals surface area contributed by atoms with E-state index in [2.05, 4.69) is 16.9 Å². The van der Waals surface area contributed by atoms with Crippen molar-refractivity contribution in [2.45, 2.75) is 24.8 Å². The molecule has 1 atom stereocenters. The van der Waals surface area contributed by atoms with Crippen molar-refractivity contribution in [2.75, 3.05) is 25.1 Å². The highest BCUT2D eigenvalue weighted by Crippen LogP contribution is 2.22. The molecule has 0 bridgehead atoms. The van der Waals surface area contributed by atoms with E-state index in [1.807, 2.05) is 12.3 Å². The molecule has 1 saturated heterocycles. The Morgan fingerprint density at radius 3 is 3.19 bits per heavy atom. The molecule has 0 aliphatic carbocycles. The number of hydrogen-bond donors (Lipinski definition) is 0. The molecule has 1 aliphatic rings. The summed E-state index contributed by atoms with van der Waals surface area (Å²) >= 11 is 5.91. The summed E-state index contributed by atoms with van der Waals surface area (Å²) < 4.78 is 5.62. The largest absolute Gasteiger partial charge is 0.376 e. The molecule has 16 heavy (non-hydrogen) atoms. The lowest BCUT2D eigenvalue weighted by molar-refractivity contribution is 0.116. The average molecular weight is 241 g/mol. The normalized spacial score (nSPS) is 20.0. The van der Waals surface area contributed by atoms with Crippen LogP contribution >= 0.6 is 11.6 Å². The number of halogens is 1. The van der Waals surface area contributed by atoms with Gasteiger partial charge in [-0.2, -0.15) is 0 Å². The molecule has 0 N–H and O–H groups in total. The minimum atomic E-state index is 0.355. The zero-order valence-corrected chi connectivity index (χ0v) is 10.3. The number of anilines is 1. The summed E-state index contributed by atoms with van der Waals surface area (Å²) in [4.78, 5) is 6.33. The molecule has 0 spiro atoms. The van der Waals surface area contributed by atoms with Crippen molar-refractivity contribution >= 4 is 17.3 Å². The van der Waals surface area contributed by atoms with Gasteiger partial charge in [-0.25, -0.2) is 0 Å². The fourth-order valence-electron chi connectivity index (χ4n) is 2.06. The maximum absolute atomic E-state index is 5.91. The molecule has 1 aromatic heterocycles. The van der Waals surface area contributed by atoms with Gasteiger partial charge >= 0.3 is 0 Å². The molecule has 0 amide bonds. The first-order valence-corrected chi connectivity index (χ1v) is 6.16. The summed E-state index contributed by atoms with van der Waals surface area (Å²) in [5.74, 6) is 0.522. The molecule has 88 valence electrons. The standard InChI is InChI=1S/C12H17ClN2O/c1-15(9-11-3-2-6-16-11)12-8-14-5-4-10(12)7-13/h4-5,8,11H,2-3,6-7,9H2,1H3. The van der Waals surface area contributed by atoms with Crippen molar-refractivity contribution < 1.29 is 4.74 Å². The van der Waals surface area contributed by atoms with E-state index < -0.39 is 0 Å². The van der Waals surface area contributed by atoms with Gasteiger partial charge in [0.2, 0.25) is 0 Å². The second kappa shape index (κ2) is 5.51. The van der Waals surface area contributed by atoms with Crippen LogP contribution in [-0.4, -0.2) is 31.3 Å². The first kappa shape index (κ1) is 11.7. The monoisotopic (exact) mass is 240 g/mol. The molecule has 0 aromatic carbocycles. The van der Waals surface area contributed by atoms with Crippen LogP contribution < -0.4 is 4.90 Å². The Labute approximate surface area is 101 Å². The molecule has 0 saturated carbocycles. The van der Waals surface area contributed by atoms with Gasteiger partial charge in [-0.05, 0) is 24.5 Å². The average Bonchev–Trinajstić information content (AvgIpc) is 2.81. The smallest absolute Gasteiger partial charge is 0.0750 e. The molecular weight excluding hydrogens is 224 g/mol. The Bertz CT molecular complexity index is 340. The summed E-state index contributed by atoms with van der Waals surface area (Å²) in [5, 5.41) is 0. The van der Waals surface area contributed by atoms with Crippen molar-refractivity contribution in [2.24, 2.45) is 0 Å². The minimum absolute atomic E-state index is 0.355. The number of hydrogen-bond acceptors (Lipinski definition) is 3. The predicted molar refractivity (Wildman–Crippen MR) is 66.0 cm³/mol. The molecule has 3 nitrogen and oxygen atoms in total. The van der Waals surface area contributed by atoms with E-state index >= 15 is 0 Å². The highest BCUT2D eigenvalue weighted by molar-refractivity contribution is 6.17. The van der Waals surface area contributed by atoms with Gasteiger partial charge in [0, 0.05) is 32.3 Å². The quantitative estimate of drug-likeness (QED) is 0.756. The minimum Gasteiger partial charge on any atom is -0.376 e. The highest BCUT2D eigenvalue weighted by atomic mass is 35.5. The van der Waals surface area contributed by atoms with Crippen LogP contribution in [0, 0.1) is 0 Å². The van der Waals surface area contributed by atoms with Crippen LogP contribution in [0.2, 0.25) is 0 Å². The number of alkyl halides is 1. The van der Waals surface area contributed by atoms with Gasteiger partial charge in [-0.3, -0.25) is 4.98 Å². The summed E-state index contributed by atoms with van der Waals surface area (Å²) in [6, 6.07) is 1.97. The van der Waals surface area contributed by atoms with Crippen LogP contribution in [0.4, 0.5) is 5.69 Å². The van der Waals surface area contributed by atoms with Crippen LogP contribution in [-0.2, 0) is 10.6 Å². The molecule has 2 heterocycles. The first-order valence-electron chi connectivity index (χ1n) is 5.63. The summed E-state index contributed by atoms with van der Waals surface area (Å²) in [5.41, 5.74) is 2.23. The Balaban J connectivity index is 2.04. The van der Waals surface area contributed by atoms with E-state index in [0.29, 0.717) is 12.0 Å². The van der Waals surface area contributed by atoms with Crippen LogP contribution in [0.1, 0.15) is 18.4 Å². The Morgan fingerprint density at radius 2 is 2.50 bits per heavy atom. The second-order valence-electron chi connectivity index (χ2n) is 4.15. The SMILES string of the molecule is CN(CC1CCCO1)c1cnccc1CCl. The predicted octanol–water partition coefficient (Wildman–Crippen LogP) is 2.44. The number of likely N-dealkylation sites (N-methyl/N-ethyl adjacent to an activating group) is 1. The third-order valence-electron chi connectivity index (χ3n) is 2.94. The lowest BCUT2D eigenvalue weighted by atomic mass is 10.2. The van der Waals surface area contributed by atoms with E-state index in [-0.39, 0.29) is 0 Å². The topological polar surface area (TPSA) is 25.4 Å². The van der Waals surface area contributed by atoms with Crippen molar-refractivity contribution in [3.05, 3.63) is 24.0 Å².